The number of rotatable bonds is 2. The van der Waals surface area contributed by atoms with Crippen LogP contribution in [-0.2, 0) is 5.41 Å². The lowest BCUT2D eigenvalue weighted by atomic mass is 9.87. The van der Waals surface area contributed by atoms with Gasteiger partial charge in [0.25, 0.3) is 0 Å². The van der Waals surface area contributed by atoms with E-state index in [1.54, 1.807) is 0 Å². The van der Waals surface area contributed by atoms with Crippen molar-refractivity contribution in [2.45, 2.75) is 26.2 Å². The molecule has 19 heavy (non-hydrogen) atoms. The topological polar surface area (TPSA) is 38.0 Å². The first-order valence-corrected chi connectivity index (χ1v) is 7.08. The van der Waals surface area contributed by atoms with Gasteiger partial charge in [-0.25, -0.2) is 0 Å². The molecular formula is C16H19BrN2. The van der Waals surface area contributed by atoms with E-state index >= 15 is 0 Å². The summed E-state index contributed by atoms with van der Waals surface area (Å²) in [6.07, 6.45) is 0. The zero-order valence-corrected chi connectivity index (χ0v) is 13.1. The van der Waals surface area contributed by atoms with Crippen molar-refractivity contribution in [2.24, 2.45) is 0 Å². The van der Waals surface area contributed by atoms with Crippen molar-refractivity contribution < 1.29 is 0 Å². The summed E-state index contributed by atoms with van der Waals surface area (Å²) in [5.74, 6) is 0. The molecular weight excluding hydrogens is 300 g/mol. The molecule has 0 spiro atoms. The van der Waals surface area contributed by atoms with Crippen LogP contribution in [0.3, 0.4) is 0 Å². The minimum atomic E-state index is 0.174. The summed E-state index contributed by atoms with van der Waals surface area (Å²) in [5.41, 5.74) is 10.1. The minimum absolute atomic E-state index is 0.174. The van der Waals surface area contributed by atoms with Crippen molar-refractivity contribution >= 4 is 33.0 Å². The molecule has 0 atom stereocenters. The van der Waals surface area contributed by atoms with Gasteiger partial charge in [-0.2, -0.15) is 0 Å². The van der Waals surface area contributed by atoms with Crippen LogP contribution in [-0.4, -0.2) is 0 Å². The smallest absolute Gasteiger partial charge is 0.0629 e. The Labute approximate surface area is 123 Å². The monoisotopic (exact) mass is 318 g/mol. The molecule has 0 saturated heterocycles. The summed E-state index contributed by atoms with van der Waals surface area (Å²) in [7, 11) is 0. The summed E-state index contributed by atoms with van der Waals surface area (Å²) < 4.78 is 1.01. The first-order chi connectivity index (χ1) is 8.86. The zero-order chi connectivity index (χ0) is 14.0. The van der Waals surface area contributed by atoms with Gasteiger partial charge in [-0.3, -0.25) is 0 Å². The Kier molecular flexibility index (Phi) is 3.85. The standard InChI is InChI=1S/C16H19BrN2/c1-16(2,3)11-4-7-13(8-5-11)19-15-10-12(17)6-9-14(15)18/h4-10,19H,18H2,1-3H3. The molecule has 0 radical (unpaired) electrons. The Bertz CT molecular complexity index is 568. The van der Waals surface area contributed by atoms with Gasteiger partial charge in [0.1, 0.15) is 0 Å². The number of benzene rings is 2. The van der Waals surface area contributed by atoms with Crippen LogP contribution >= 0.6 is 15.9 Å². The van der Waals surface area contributed by atoms with E-state index in [1.807, 2.05) is 18.2 Å². The molecule has 0 aliphatic rings. The van der Waals surface area contributed by atoms with E-state index in [4.69, 9.17) is 5.73 Å². The SMILES string of the molecule is CC(C)(C)c1ccc(Nc2cc(Br)ccc2N)cc1. The van der Waals surface area contributed by atoms with Gasteiger partial charge in [0.2, 0.25) is 0 Å². The Morgan fingerprint density at radius 1 is 1.00 bits per heavy atom. The van der Waals surface area contributed by atoms with Gasteiger partial charge in [-0.05, 0) is 41.3 Å². The third-order valence-electron chi connectivity index (χ3n) is 3.05. The molecule has 0 aliphatic heterocycles. The number of nitrogens with one attached hydrogen (secondary N) is 1. The van der Waals surface area contributed by atoms with Crippen LogP contribution in [0.1, 0.15) is 26.3 Å². The van der Waals surface area contributed by atoms with Crippen molar-refractivity contribution in [1.82, 2.24) is 0 Å². The normalized spacial score (nSPS) is 11.4. The van der Waals surface area contributed by atoms with E-state index < -0.39 is 0 Å². The lowest BCUT2D eigenvalue weighted by Gasteiger charge is -2.19. The Balaban J connectivity index is 2.22. The van der Waals surface area contributed by atoms with Crippen LogP contribution in [0.5, 0.6) is 0 Å². The fourth-order valence-electron chi connectivity index (χ4n) is 1.85. The molecule has 100 valence electrons. The number of nitrogens with two attached hydrogens (primary N) is 1. The lowest BCUT2D eigenvalue weighted by molar-refractivity contribution is 0.590. The number of hydrogen-bond acceptors (Lipinski definition) is 2. The van der Waals surface area contributed by atoms with Gasteiger partial charge >= 0.3 is 0 Å². The molecule has 2 aromatic rings. The molecule has 3 heteroatoms. The molecule has 0 bridgehead atoms. The molecule has 0 aromatic heterocycles. The maximum absolute atomic E-state index is 5.95. The van der Waals surface area contributed by atoms with Gasteiger partial charge in [0, 0.05) is 10.2 Å². The Hall–Kier alpha value is -1.48. The second-order valence-corrected chi connectivity index (χ2v) is 6.60. The number of halogens is 1. The second kappa shape index (κ2) is 5.25. The summed E-state index contributed by atoms with van der Waals surface area (Å²) in [6.45, 7) is 6.63. The molecule has 3 N–H and O–H groups in total. The van der Waals surface area contributed by atoms with Crippen LogP contribution in [0.25, 0.3) is 0 Å². The van der Waals surface area contributed by atoms with Crippen molar-refractivity contribution in [3.05, 3.63) is 52.5 Å². The fourth-order valence-corrected chi connectivity index (χ4v) is 2.21. The highest BCUT2D eigenvalue weighted by Crippen LogP contribution is 2.28. The highest BCUT2D eigenvalue weighted by molar-refractivity contribution is 9.10. The molecule has 2 rings (SSSR count). The minimum Gasteiger partial charge on any atom is -0.397 e. The predicted molar refractivity (Wildman–Crippen MR) is 87.0 cm³/mol. The lowest BCUT2D eigenvalue weighted by Crippen LogP contribution is -2.10. The highest BCUT2D eigenvalue weighted by atomic mass is 79.9. The summed E-state index contributed by atoms with van der Waals surface area (Å²) >= 11 is 3.45. The first-order valence-electron chi connectivity index (χ1n) is 6.29. The molecule has 0 unspecified atom stereocenters. The van der Waals surface area contributed by atoms with Gasteiger partial charge in [0.15, 0.2) is 0 Å². The highest BCUT2D eigenvalue weighted by Gasteiger charge is 2.12. The van der Waals surface area contributed by atoms with Gasteiger partial charge in [-0.1, -0.05) is 48.8 Å². The fraction of sp³-hybridized carbons (Fsp3) is 0.250. The van der Waals surface area contributed by atoms with E-state index in [-0.39, 0.29) is 5.41 Å². The third kappa shape index (κ3) is 3.51. The maximum atomic E-state index is 5.95. The van der Waals surface area contributed by atoms with E-state index in [1.165, 1.54) is 5.56 Å². The van der Waals surface area contributed by atoms with Crippen LogP contribution < -0.4 is 11.1 Å². The second-order valence-electron chi connectivity index (χ2n) is 5.68. The van der Waals surface area contributed by atoms with Crippen LogP contribution in [0.15, 0.2) is 46.9 Å². The summed E-state index contributed by atoms with van der Waals surface area (Å²) in [6, 6.07) is 14.3. The maximum Gasteiger partial charge on any atom is 0.0629 e. The van der Waals surface area contributed by atoms with Gasteiger partial charge in [0.05, 0.1) is 11.4 Å². The number of hydrogen-bond donors (Lipinski definition) is 2. The van der Waals surface area contributed by atoms with Crippen LogP contribution in [0, 0.1) is 0 Å². The number of anilines is 3. The average Bonchev–Trinajstić information content (AvgIpc) is 2.33. The Morgan fingerprint density at radius 3 is 2.21 bits per heavy atom. The molecule has 0 amide bonds. The number of nitrogen functional groups attached to an aromatic ring is 1. The largest absolute Gasteiger partial charge is 0.397 e. The van der Waals surface area contributed by atoms with Crippen LogP contribution in [0.2, 0.25) is 0 Å². The van der Waals surface area contributed by atoms with Gasteiger partial charge < -0.3 is 11.1 Å². The molecule has 2 aromatic carbocycles. The van der Waals surface area contributed by atoms with E-state index in [0.717, 1.165) is 21.5 Å². The third-order valence-corrected chi connectivity index (χ3v) is 3.54. The first kappa shape index (κ1) is 13.9. The molecule has 0 saturated carbocycles. The average molecular weight is 319 g/mol. The van der Waals surface area contributed by atoms with Crippen molar-refractivity contribution in [2.75, 3.05) is 11.1 Å². The molecule has 0 aliphatic carbocycles. The van der Waals surface area contributed by atoms with E-state index in [2.05, 4.69) is 66.3 Å². The summed E-state index contributed by atoms with van der Waals surface area (Å²) in [5, 5.41) is 3.34. The molecule has 2 nitrogen and oxygen atoms in total. The zero-order valence-electron chi connectivity index (χ0n) is 11.5. The van der Waals surface area contributed by atoms with Crippen molar-refractivity contribution in [3.63, 3.8) is 0 Å². The van der Waals surface area contributed by atoms with Crippen molar-refractivity contribution in [1.29, 1.82) is 0 Å². The van der Waals surface area contributed by atoms with E-state index in [0.29, 0.717) is 0 Å². The van der Waals surface area contributed by atoms with Crippen molar-refractivity contribution in [3.8, 4) is 0 Å². The Morgan fingerprint density at radius 2 is 1.63 bits per heavy atom. The van der Waals surface area contributed by atoms with Crippen LogP contribution in [0.4, 0.5) is 17.1 Å². The van der Waals surface area contributed by atoms with E-state index in [9.17, 15) is 0 Å². The predicted octanol–water partition coefficient (Wildman–Crippen LogP) is 5.07. The molecule has 0 heterocycles. The summed E-state index contributed by atoms with van der Waals surface area (Å²) in [4.78, 5) is 0. The molecule has 0 fully saturated rings. The van der Waals surface area contributed by atoms with Gasteiger partial charge in [-0.15, -0.1) is 0 Å². The quantitative estimate of drug-likeness (QED) is 0.758.